The quantitative estimate of drug-likeness (QED) is 0.613. The van der Waals surface area contributed by atoms with Crippen LogP contribution in [0, 0.1) is 3.57 Å². The maximum absolute atomic E-state index is 11.7. The van der Waals surface area contributed by atoms with E-state index in [0.717, 1.165) is 9.99 Å². The third kappa shape index (κ3) is 3.94. The van der Waals surface area contributed by atoms with E-state index in [2.05, 4.69) is 33.0 Å². The first-order valence-corrected chi connectivity index (χ1v) is 7.05. The predicted octanol–water partition coefficient (Wildman–Crippen LogP) is 1.50. The summed E-state index contributed by atoms with van der Waals surface area (Å²) in [7, 11) is 1.92. The number of nitrogens with zero attached hydrogens (tertiary/aromatic N) is 2. The van der Waals surface area contributed by atoms with Crippen molar-refractivity contribution in [3.63, 3.8) is 0 Å². The smallest absolute Gasteiger partial charge is 0.325 e. The monoisotopic (exact) mass is 365 g/mol. The van der Waals surface area contributed by atoms with Gasteiger partial charge in [-0.05, 0) is 43.4 Å². The van der Waals surface area contributed by atoms with Crippen molar-refractivity contribution in [2.75, 3.05) is 13.2 Å². The fourth-order valence-corrected chi connectivity index (χ4v) is 2.34. The lowest BCUT2D eigenvalue weighted by molar-refractivity contribution is -0.149. The minimum absolute atomic E-state index is 0.218. The molecule has 18 heavy (non-hydrogen) atoms. The Labute approximate surface area is 121 Å². The number of aromatic nitrogens is 2. The van der Waals surface area contributed by atoms with Gasteiger partial charge >= 0.3 is 5.97 Å². The van der Waals surface area contributed by atoms with Crippen LogP contribution in [0.25, 0.3) is 0 Å². The molecule has 0 saturated carbocycles. The normalized spacial score (nSPS) is 11.6. The van der Waals surface area contributed by atoms with Gasteiger partial charge in [-0.2, -0.15) is 5.10 Å². The summed E-state index contributed by atoms with van der Waals surface area (Å²) >= 11 is 2.27. The van der Waals surface area contributed by atoms with Gasteiger partial charge in [0.05, 0.1) is 22.1 Å². The first-order chi connectivity index (χ1) is 8.38. The van der Waals surface area contributed by atoms with E-state index in [9.17, 15) is 4.79 Å². The third-order valence-electron chi connectivity index (χ3n) is 2.73. The van der Waals surface area contributed by atoms with Crippen LogP contribution in [0.5, 0.6) is 0 Å². The number of carbonyl (C=O) groups is 1. The number of ether oxygens (including phenoxy) is 1. The standard InChI is InChI=1S/C12H20IN3O2/c1-5-18-11(17)12(2,3)14-7-6-10-9(13)8-15-16(10)4/h8,14H,5-7H2,1-4H3. The average Bonchev–Trinajstić information content (AvgIpc) is 2.60. The second-order valence-electron chi connectivity index (χ2n) is 4.59. The lowest BCUT2D eigenvalue weighted by Crippen LogP contribution is -2.48. The summed E-state index contributed by atoms with van der Waals surface area (Å²) in [6, 6.07) is 0. The van der Waals surface area contributed by atoms with Gasteiger partial charge in [0.1, 0.15) is 5.54 Å². The van der Waals surface area contributed by atoms with Crippen LogP contribution in [-0.4, -0.2) is 34.4 Å². The first kappa shape index (κ1) is 15.4. The highest BCUT2D eigenvalue weighted by atomic mass is 127. The average molecular weight is 365 g/mol. The van der Waals surface area contributed by atoms with E-state index >= 15 is 0 Å². The van der Waals surface area contributed by atoms with Crippen molar-refractivity contribution < 1.29 is 9.53 Å². The Morgan fingerprint density at radius 3 is 2.78 bits per heavy atom. The molecule has 0 aliphatic carbocycles. The van der Waals surface area contributed by atoms with Crippen LogP contribution in [0.1, 0.15) is 26.5 Å². The van der Waals surface area contributed by atoms with Crippen LogP contribution >= 0.6 is 22.6 Å². The largest absolute Gasteiger partial charge is 0.465 e. The number of hydrogen-bond donors (Lipinski definition) is 1. The molecule has 6 heteroatoms. The van der Waals surface area contributed by atoms with E-state index in [4.69, 9.17) is 4.74 Å². The number of rotatable bonds is 6. The second-order valence-corrected chi connectivity index (χ2v) is 5.75. The number of carbonyl (C=O) groups excluding carboxylic acids is 1. The molecule has 0 unspecified atom stereocenters. The van der Waals surface area contributed by atoms with Crippen molar-refractivity contribution in [3.05, 3.63) is 15.5 Å². The third-order valence-corrected chi connectivity index (χ3v) is 3.63. The van der Waals surface area contributed by atoms with Crippen molar-refractivity contribution in [2.24, 2.45) is 7.05 Å². The number of hydrogen-bond acceptors (Lipinski definition) is 4. The molecule has 0 atom stereocenters. The van der Waals surface area contributed by atoms with E-state index in [1.165, 1.54) is 5.69 Å². The van der Waals surface area contributed by atoms with Crippen LogP contribution in [-0.2, 0) is 23.0 Å². The van der Waals surface area contributed by atoms with Gasteiger partial charge < -0.3 is 10.1 Å². The van der Waals surface area contributed by atoms with E-state index in [-0.39, 0.29) is 5.97 Å². The molecule has 102 valence electrons. The Morgan fingerprint density at radius 2 is 2.28 bits per heavy atom. The molecule has 0 amide bonds. The minimum Gasteiger partial charge on any atom is -0.465 e. The molecule has 1 N–H and O–H groups in total. The number of nitrogens with one attached hydrogen (secondary N) is 1. The van der Waals surface area contributed by atoms with Gasteiger partial charge in [-0.3, -0.25) is 9.48 Å². The van der Waals surface area contributed by atoms with Crippen LogP contribution < -0.4 is 5.32 Å². The summed E-state index contributed by atoms with van der Waals surface area (Å²) in [5.41, 5.74) is 0.516. The molecule has 0 fully saturated rings. The van der Waals surface area contributed by atoms with Gasteiger partial charge in [0.2, 0.25) is 0 Å². The van der Waals surface area contributed by atoms with Crippen LogP contribution in [0.2, 0.25) is 0 Å². The zero-order valence-corrected chi connectivity index (χ0v) is 13.4. The molecule has 0 spiro atoms. The lowest BCUT2D eigenvalue weighted by atomic mass is 10.1. The van der Waals surface area contributed by atoms with Crippen LogP contribution in [0.15, 0.2) is 6.20 Å². The van der Waals surface area contributed by atoms with Gasteiger partial charge in [0.25, 0.3) is 0 Å². The second kappa shape index (κ2) is 6.51. The van der Waals surface area contributed by atoms with Gasteiger partial charge in [-0.25, -0.2) is 0 Å². The molecule has 0 saturated heterocycles. The molecule has 0 aromatic carbocycles. The molecule has 0 radical (unpaired) electrons. The number of esters is 1. The van der Waals surface area contributed by atoms with Crippen molar-refractivity contribution >= 4 is 28.6 Å². The lowest BCUT2D eigenvalue weighted by Gasteiger charge is -2.23. The summed E-state index contributed by atoms with van der Waals surface area (Å²) in [5, 5.41) is 7.40. The van der Waals surface area contributed by atoms with Crippen molar-refractivity contribution in [3.8, 4) is 0 Å². The molecule has 1 heterocycles. The van der Waals surface area contributed by atoms with Gasteiger partial charge in [-0.15, -0.1) is 0 Å². The van der Waals surface area contributed by atoms with Crippen molar-refractivity contribution in [1.82, 2.24) is 15.1 Å². The Kier molecular flexibility index (Phi) is 5.58. The molecule has 0 aliphatic heterocycles. The Morgan fingerprint density at radius 1 is 1.61 bits per heavy atom. The molecule has 0 aliphatic rings. The van der Waals surface area contributed by atoms with Gasteiger partial charge in [-0.1, -0.05) is 0 Å². The zero-order valence-electron chi connectivity index (χ0n) is 11.3. The maximum atomic E-state index is 11.7. The van der Waals surface area contributed by atoms with E-state index < -0.39 is 5.54 Å². The molecular weight excluding hydrogens is 345 g/mol. The van der Waals surface area contributed by atoms with E-state index in [1.54, 1.807) is 0 Å². The summed E-state index contributed by atoms with van der Waals surface area (Å²) in [6.45, 7) is 6.59. The fourth-order valence-electron chi connectivity index (χ4n) is 1.59. The Bertz CT molecular complexity index is 396. The highest BCUT2D eigenvalue weighted by Gasteiger charge is 2.28. The van der Waals surface area contributed by atoms with Gasteiger partial charge in [0.15, 0.2) is 0 Å². The maximum Gasteiger partial charge on any atom is 0.325 e. The van der Waals surface area contributed by atoms with Gasteiger partial charge in [0, 0.05) is 20.0 Å². The topological polar surface area (TPSA) is 56.1 Å². The number of aryl methyl sites for hydroxylation is 1. The SMILES string of the molecule is CCOC(=O)C(C)(C)NCCc1c(I)cnn1C. The first-order valence-electron chi connectivity index (χ1n) is 5.97. The van der Waals surface area contributed by atoms with Crippen molar-refractivity contribution in [1.29, 1.82) is 0 Å². The summed E-state index contributed by atoms with van der Waals surface area (Å²) in [5.74, 6) is -0.218. The number of halogens is 1. The molecular formula is C12H20IN3O2. The fraction of sp³-hybridized carbons (Fsp3) is 0.667. The highest BCUT2D eigenvalue weighted by Crippen LogP contribution is 2.11. The van der Waals surface area contributed by atoms with Crippen LogP contribution in [0.3, 0.4) is 0 Å². The minimum atomic E-state index is -0.653. The summed E-state index contributed by atoms with van der Waals surface area (Å²) < 4.78 is 8.03. The highest BCUT2D eigenvalue weighted by molar-refractivity contribution is 14.1. The molecule has 0 bridgehead atoms. The van der Waals surface area contributed by atoms with Crippen molar-refractivity contribution in [2.45, 2.75) is 32.7 Å². The Hall–Kier alpha value is -0.630. The van der Waals surface area contributed by atoms with E-state index in [1.807, 2.05) is 38.7 Å². The predicted molar refractivity (Wildman–Crippen MR) is 78.3 cm³/mol. The van der Waals surface area contributed by atoms with Crippen LogP contribution in [0.4, 0.5) is 0 Å². The summed E-state index contributed by atoms with van der Waals surface area (Å²) in [4.78, 5) is 11.7. The molecule has 1 rings (SSSR count). The Balaban J connectivity index is 2.49. The van der Waals surface area contributed by atoms with E-state index in [0.29, 0.717) is 13.2 Å². The zero-order chi connectivity index (χ0) is 13.8. The molecule has 1 aromatic heterocycles. The molecule has 5 nitrogen and oxygen atoms in total. The molecule has 1 aromatic rings. The summed E-state index contributed by atoms with van der Waals surface area (Å²) in [6.07, 6.45) is 2.67.